The fourth-order valence-electron chi connectivity index (χ4n) is 1.76. The lowest BCUT2D eigenvalue weighted by Crippen LogP contribution is -2.43. The van der Waals surface area contributed by atoms with Gasteiger partial charge in [0.15, 0.2) is 0 Å². The minimum atomic E-state index is -0.723. The Kier molecular flexibility index (Phi) is 5.46. The van der Waals surface area contributed by atoms with E-state index in [9.17, 15) is 9.59 Å². The standard InChI is InChI=1S/C17H17N3O3/c1-12(19-17(23)14-5-3-2-4-6-14)16(22)20-18-11-13-7-9-15(21)10-8-13/h2-12,21H,1H3,(H,19,23)(H,20,22). The summed E-state index contributed by atoms with van der Waals surface area (Å²) in [5.41, 5.74) is 3.57. The normalized spacial score (nSPS) is 11.9. The molecule has 0 aliphatic carbocycles. The van der Waals surface area contributed by atoms with Crippen molar-refractivity contribution in [3.8, 4) is 5.75 Å². The van der Waals surface area contributed by atoms with Gasteiger partial charge in [0.25, 0.3) is 11.8 Å². The molecule has 1 unspecified atom stereocenters. The predicted molar refractivity (Wildman–Crippen MR) is 87.2 cm³/mol. The van der Waals surface area contributed by atoms with E-state index < -0.39 is 11.9 Å². The summed E-state index contributed by atoms with van der Waals surface area (Å²) in [6.07, 6.45) is 1.45. The first kappa shape index (κ1) is 16.2. The van der Waals surface area contributed by atoms with Crippen LogP contribution in [0.4, 0.5) is 0 Å². The molecule has 2 rings (SSSR count). The van der Waals surface area contributed by atoms with Crippen molar-refractivity contribution in [3.63, 3.8) is 0 Å². The second kappa shape index (κ2) is 7.74. The van der Waals surface area contributed by atoms with Gasteiger partial charge >= 0.3 is 0 Å². The smallest absolute Gasteiger partial charge is 0.262 e. The summed E-state index contributed by atoms with van der Waals surface area (Å²) in [7, 11) is 0. The van der Waals surface area contributed by atoms with Crippen LogP contribution in [0.25, 0.3) is 0 Å². The van der Waals surface area contributed by atoms with Gasteiger partial charge in [0.1, 0.15) is 11.8 Å². The maximum Gasteiger partial charge on any atom is 0.262 e. The van der Waals surface area contributed by atoms with Gasteiger partial charge in [0.05, 0.1) is 6.21 Å². The first-order valence-corrected chi connectivity index (χ1v) is 7.04. The summed E-state index contributed by atoms with van der Waals surface area (Å²) in [5, 5.41) is 15.6. The number of nitrogens with zero attached hydrogens (tertiary/aromatic N) is 1. The molecule has 2 aromatic rings. The van der Waals surface area contributed by atoms with Crippen molar-refractivity contribution < 1.29 is 14.7 Å². The van der Waals surface area contributed by atoms with Gasteiger partial charge in [-0.1, -0.05) is 18.2 Å². The molecular formula is C17H17N3O3. The van der Waals surface area contributed by atoms with Crippen molar-refractivity contribution in [2.75, 3.05) is 0 Å². The monoisotopic (exact) mass is 311 g/mol. The highest BCUT2D eigenvalue weighted by Gasteiger charge is 2.15. The molecule has 2 amide bonds. The topological polar surface area (TPSA) is 90.8 Å². The van der Waals surface area contributed by atoms with Crippen molar-refractivity contribution in [1.29, 1.82) is 0 Å². The molecule has 6 nitrogen and oxygen atoms in total. The van der Waals surface area contributed by atoms with Crippen LogP contribution in [0.5, 0.6) is 5.75 Å². The van der Waals surface area contributed by atoms with E-state index in [4.69, 9.17) is 5.11 Å². The van der Waals surface area contributed by atoms with Crippen LogP contribution in [0, 0.1) is 0 Å². The maximum absolute atomic E-state index is 11.9. The van der Waals surface area contributed by atoms with Gasteiger partial charge in [0.2, 0.25) is 0 Å². The third-order valence-corrected chi connectivity index (χ3v) is 3.06. The maximum atomic E-state index is 11.9. The van der Waals surface area contributed by atoms with Crippen molar-refractivity contribution >= 4 is 18.0 Å². The van der Waals surface area contributed by atoms with Gasteiger partial charge in [-0.2, -0.15) is 5.10 Å². The Balaban J connectivity index is 1.85. The highest BCUT2D eigenvalue weighted by atomic mass is 16.3. The fourth-order valence-corrected chi connectivity index (χ4v) is 1.76. The average Bonchev–Trinajstić information content (AvgIpc) is 2.57. The van der Waals surface area contributed by atoms with Gasteiger partial charge < -0.3 is 10.4 Å². The third-order valence-electron chi connectivity index (χ3n) is 3.06. The Hall–Kier alpha value is -3.15. The number of hydrogen-bond acceptors (Lipinski definition) is 4. The molecule has 0 heterocycles. The average molecular weight is 311 g/mol. The first-order chi connectivity index (χ1) is 11.1. The van der Waals surface area contributed by atoms with Crippen LogP contribution in [-0.4, -0.2) is 29.2 Å². The lowest BCUT2D eigenvalue weighted by Gasteiger charge is -2.12. The number of aromatic hydroxyl groups is 1. The van der Waals surface area contributed by atoms with E-state index in [1.165, 1.54) is 18.3 Å². The van der Waals surface area contributed by atoms with Crippen LogP contribution in [0.15, 0.2) is 59.7 Å². The molecule has 0 saturated heterocycles. The molecule has 6 heteroatoms. The van der Waals surface area contributed by atoms with Crippen LogP contribution in [0.2, 0.25) is 0 Å². The number of hydrazone groups is 1. The Morgan fingerprint density at radius 3 is 2.39 bits per heavy atom. The molecular weight excluding hydrogens is 294 g/mol. The van der Waals surface area contributed by atoms with Crippen LogP contribution in [0.1, 0.15) is 22.8 Å². The van der Waals surface area contributed by atoms with Gasteiger partial charge in [-0.25, -0.2) is 5.43 Å². The summed E-state index contributed by atoms with van der Waals surface area (Å²) in [6.45, 7) is 1.58. The second-order valence-electron chi connectivity index (χ2n) is 4.89. The molecule has 118 valence electrons. The van der Waals surface area contributed by atoms with Crippen LogP contribution in [-0.2, 0) is 4.79 Å². The number of phenols is 1. The minimum Gasteiger partial charge on any atom is -0.508 e. The SMILES string of the molecule is CC(NC(=O)c1ccccc1)C(=O)NN=Cc1ccc(O)cc1. The van der Waals surface area contributed by atoms with Crippen LogP contribution in [0.3, 0.4) is 0 Å². The summed E-state index contributed by atoms with van der Waals surface area (Å²) in [5.74, 6) is -0.594. The molecule has 3 N–H and O–H groups in total. The number of rotatable bonds is 5. The number of hydrogen-bond donors (Lipinski definition) is 3. The van der Waals surface area contributed by atoms with E-state index in [0.29, 0.717) is 5.56 Å². The molecule has 0 saturated carbocycles. The Labute approximate surface area is 133 Å². The van der Waals surface area contributed by atoms with E-state index in [2.05, 4.69) is 15.8 Å². The molecule has 1 atom stereocenters. The summed E-state index contributed by atoms with van der Waals surface area (Å²) in [6, 6.07) is 14.3. The Morgan fingerprint density at radius 2 is 1.74 bits per heavy atom. The van der Waals surface area contributed by atoms with Gasteiger partial charge in [-0.3, -0.25) is 9.59 Å². The zero-order chi connectivity index (χ0) is 16.7. The lowest BCUT2D eigenvalue weighted by molar-refractivity contribution is -0.122. The Bertz CT molecular complexity index is 697. The minimum absolute atomic E-state index is 0.156. The van der Waals surface area contributed by atoms with E-state index in [-0.39, 0.29) is 11.7 Å². The highest BCUT2D eigenvalue weighted by Crippen LogP contribution is 2.07. The molecule has 0 aromatic heterocycles. The Morgan fingerprint density at radius 1 is 1.09 bits per heavy atom. The van der Waals surface area contributed by atoms with Gasteiger partial charge in [-0.15, -0.1) is 0 Å². The first-order valence-electron chi connectivity index (χ1n) is 7.04. The summed E-state index contributed by atoms with van der Waals surface area (Å²) < 4.78 is 0. The van der Waals surface area contributed by atoms with Crippen molar-refractivity contribution in [1.82, 2.24) is 10.7 Å². The number of carbonyl (C=O) groups excluding carboxylic acids is 2. The molecule has 0 fully saturated rings. The molecule has 23 heavy (non-hydrogen) atoms. The summed E-state index contributed by atoms with van der Waals surface area (Å²) >= 11 is 0. The number of phenolic OH excluding ortho intramolecular Hbond substituents is 1. The van der Waals surface area contributed by atoms with Gasteiger partial charge in [0, 0.05) is 5.56 Å². The highest BCUT2D eigenvalue weighted by molar-refractivity contribution is 5.97. The quantitative estimate of drug-likeness (QED) is 0.579. The molecule has 0 bridgehead atoms. The molecule has 0 spiro atoms. The van der Waals surface area contributed by atoms with E-state index in [1.54, 1.807) is 43.3 Å². The number of nitrogens with one attached hydrogen (secondary N) is 2. The van der Waals surface area contributed by atoms with Gasteiger partial charge in [-0.05, 0) is 48.9 Å². The number of benzene rings is 2. The number of carbonyl (C=O) groups is 2. The van der Waals surface area contributed by atoms with Crippen molar-refractivity contribution in [2.24, 2.45) is 5.10 Å². The third kappa shape index (κ3) is 4.96. The molecule has 0 aliphatic heterocycles. The largest absolute Gasteiger partial charge is 0.508 e. The predicted octanol–water partition coefficient (Wildman–Crippen LogP) is 1.66. The second-order valence-corrected chi connectivity index (χ2v) is 4.89. The van der Waals surface area contributed by atoms with Crippen LogP contribution >= 0.6 is 0 Å². The number of amides is 2. The van der Waals surface area contributed by atoms with Crippen LogP contribution < -0.4 is 10.7 Å². The molecule has 0 aliphatic rings. The lowest BCUT2D eigenvalue weighted by atomic mass is 10.2. The van der Waals surface area contributed by atoms with Crippen molar-refractivity contribution in [3.05, 3.63) is 65.7 Å². The van der Waals surface area contributed by atoms with Crippen molar-refractivity contribution in [2.45, 2.75) is 13.0 Å². The summed E-state index contributed by atoms with van der Waals surface area (Å²) in [4.78, 5) is 23.8. The molecule has 0 radical (unpaired) electrons. The van der Waals surface area contributed by atoms with E-state index in [1.807, 2.05) is 6.07 Å². The van der Waals surface area contributed by atoms with E-state index in [0.717, 1.165) is 5.56 Å². The zero-order valence-corrected chi connectivity index (χ0v) is 12.6. The fraction of sp³-hybridized carbons (Fsp3) is 0.118. The van der Waals surface area contributed by atoms with E-state index >= 15 is 0 Å². The zero-order valence-electron chi connectivity index (χ0n) is 12.6. The molecule has 2 aromatic carbocycles.